The maximum absolute atomic E-state index is 15.9. The second-order valence-electron chi connectivity index (χ2n) is 9.96. The number of nitrogens with zero attached hydrogens (tertiary/aromatic N) is 4. The standard InChI is InChI=1S/C27H29FN6O3/c1-17-2-9-22(37-17)19-5-3-18(4-6-19)14-33-13-11-27(10-12-29,23(28)16-33)34-15-21(24(30)35)25(32-34)31-26(36)20-7-8-20/h2-6,9,15,20,23H,7-8,10-11,13-14,16H2,1H3,(H2,30,35)(H,31,32,36). The number of carbonyl (C=O) groups excluding carboxylic acids is 2. The first-order valence-corrected chi connectivity index (χ1v) is 12.4. The van der Waals surface area contributed by atoms with E-state index >= 15 is 4.39 Å². The van der Waals surface area contributed by atoms with E-state index in [2.05, 4.69) is 16.5 Å². The van der Waals surface area contributed by atoms with E-state index in [1.807, 2.05) is 48.2 Å². The molecular weight excluding hydrogens is 475 g/mol. The zero-order valence-corrected chi connectivity index (χ0v) is 20.6. The normalized spacial score (nSPS) is 21.9. The van der Waals surface area contributed by atoms with Crippen molar-refractivity contribution in [3.05, 3.63) is 59.5 Å². The Bertz CT molecular complexity index is 1350. The maximum Gasteiger partial charge on any atom is 0.254 e. The summed E-state index contributed by atoms with van der Waals surface area (Å²) in [5.74, 6) is 0.554. The molecule has 10 heteroatoms. The number of nitrogens with one attached hydrogen (secondary N) is 1. The van der Waals surface area contributed by atoms with Crippen molar-refractivity contribution in [3.8, 4) is 17.4 Å². The summed E-state index contributed by atoms with van der Waals surface area (Å²) in [4.78, 5) is 26.3. The molecule has 3 aromatic rings. The molecule has 2 atom stereocenters. The van der Waals surface area contributed by atoms with Gasteiger partial charge in [-0.15, -0.1) is 0 Å². The highest BCUT2D eigenvalue weighted by Gasteiger charge is 2.47. The van der Waals surface area contributed by atoms with Crippen LogP contribution in [0.2, 0.25) is 0 Å². The molecule has 2 amide bonds. The van der Waals surface area contributed by atoms with Gasteiger partial charge in [-0.2, -0.15) is 10.4 Å². The molecular formula is C27H29FN6O3. The van der Waals surface area contributed by atoms with Crippen LogP contribution >= 0.6 is 0 Å². The molecule has 5 rings (SSSR count). The van der Waals surface area contributed by atoms with Gasteiger partial charge in [0, 0.05) is 37.3 Å². The molecule has 2 aliphatic rings. The van der Waals surface area contributed by atoms with E-state index in [0.29, 0.717) is 19.5 Å². The number of hydrogen-bond donors (Lipinski definition) is 2. The van der Waals surface area contributed by atoms with Crippen LogP contribution in [-0.4, -0.2) is 45.8 Å². The minimum atomic E-state index is -1.43. The number of nitriles is 1. The highest BCUT2D eigenvalue weighted by Crippen LogP contribution is 2.38. The number of rotatable bonds is 8. The van der Waals surface area contributed by atoms with Gasteiger partial charge in [0.05, 0.1) is 12.5 Å². The Balaban J connectivity index is 1.32. The van der Waals surface area contributed by atoms with E-state index in [0.717, 1.165) is 35.5 Å². The molecule has 0 radical (unpaired) electrons. The van der Waals surface area contributed by atoms with Crippen LogP contribution in [0, 0.1) is 24.2 Å². The maximum atomic E-state index is 15.9. The monoisotopic (exact) mass is 504 g/mol. The van der Waals surface area contributed by atoms with Crippen molar-refractivity contribution in [2.24, 2.45) is 11.7 Å². The van der Waals surface area contributed by atoms with Gasteiger partial charge >= 0.3 is 0 Å². The summed E-state index contributed by atoms with van der Waals surface area (Å²) >= 11 is 0. The second kappa shape index (κ2) is 9.82. The molecule has 2 aromatic heterocycles. The van der Waals surface area contributed by atoms with Gasteiger partial charge in [0.2, 0.25) is 5.91 Å². The van der Waals surface area contributed by atoms with E-state index in [4.69, 9.17) is 10.2 Å². The van der Waals surface area contributed by atoms with E-state index < -0.39 is 17.6 Å². The molecule has 1 aromatic carbocycles. The average Bonchev–Trinajstić information content (AvgIpc) is 3.50. The van der Waals surface area contributed by atoms with E-state index in [1.165, 1.54) is 10.9 Å². The van der Waals surface area contributed by atoms with Crippen LogP contribution in [0.3, 0.4) is 0 Å². The van der Waals surface area contributed by atoms with Gasteiger partial charge in [-0.3, -0.25) is 19.2 Å². The topological polar surface area (TPSA) is 130 Å². The third-order valence-corrected chi connectivity index (χ3v) is 7.26. The Hall–Kier alpha value is -3.97. The molecule has 1 saturated carbocycles. The number of halogens is 1. The quantitative estimate of drug-likeness (QED) is 0.481. The summed E-state index contributed by atoms with van der Waals surface area (Å²) in [6.45, 7) is 3.07. The summed E-state index contributed by atoms with van der Waals surface area (Å²) in [6, 6.07) is 13.9. The van der Waals surface area contributed by atoms with E-state index in [9.17, 15) is 14.9 Å². The number of piperidine rings is 1. The summed E-state index contributed by atoms with van der Waals surface area (Å²) in [7, 11) is 0. The van der Waals surface area contributed by atoms with Gasteiger partial charge in [0.15, 0.2) is 5.82 Å². The van der Waals surface area contributed by atoms with E-state index in [1.54, 1.807) is 0 Å². The molecule has 2 fully saturated rings. The molecule has 37 heavy (non-hydrogen) atoms. The van der Waals surface area contributed by atoms with Gasteiger partial charge in [-0.25, -0.2) is 4.39 Å². The summed E-state index contributed by atoms with van der Waals surface area (Å²) in [5.41, 5.74) is 6.27. The van der Waals surface area contributed by atoms with Crippen LogP contribution in [0.1, 0.15) is 47.4 Å². The number of primary amides is 1. The third-order valence-electron chi connectivity index (χ3n) is 7.26. The molecule has 192 valence electrons. The van der Waals surface area contributed by atoms with Crippen LogP contribution in [-0.2, 0) is 16.9 Å². The van der Waals surface area contributed by atoms with Crippen molar-refractivity contribution >= 4 is 17.6 Å². The smallest absolute Gasteiger partial charge is 0.254 e. The van der Waals surface area contributed by atoms with Gasteiger partial charge in [-0.1, -0.05) is 24.3 Å². The third kappa shape index (κ3) is 5.00. The lowest BCUT2D eigenvalue weighted by Crippen LogP contribution is -2.54. The number of hydrogen-bond acceptors (Lipinski definition) is 6. The van der Waals surface area contributed by atoms with E-state index in [-0.39, 0.29) is 36.2 Å². The number of anilines is 1. The summed E-state index contributed by atoms with van der Waals surface area (Å²) < 4.78 is 22.9. The highest BCUT2D eigenvalue weighted by atomic mass is 19.1. The zero-order valence-electron chi connectivity index (χ0n) is 20.6. The largest absolute Gasteiger partial charge is 0.461 e. The lowest BCUT2D eigenvalue weighted by molar-refractivity contribution is -0.117. The van der Waals surface area contributed by atoms with Crippen molar-refractivity contribution in [1.82, 2.24) is 14.7 Å². The Labute approximate surface area is 214 Å². The molecule has 1 aliphatic carbocycles. The van der Waals surface area contributed by atoms with Crippen molar-refractivity contribution in [2.45, 2.75) is 50.9 Å². The zero-order chi connectivity index (χ0) is 26.2. The van der Waals surface area contributed by atoms with Crippen molar-refractivity contribution in [2.75, 3.05) is 18.4 Å². The second-order valence-corrected chi connectivity index (χ2v) is 9.96. The van der Waals surface area contributed by atoms with Crippen molar-refractivity contribution in [3.63, 3.8) is 0 Å². The predicted octanol–water partition coefficient (Wildman–Crippen LogP) is 3.75. The molecule has 0 bridgehead atoms. The minimum Gasteiger partial charge on any atom is -0.461 e. The fraction of sp³-hybridized carbons (Fsp3) is 0.407. The molecule has 1 aliphatic heterocycles. The van der Waals surface area contributed by atoms with Gasteiger partial charge in [0.1, 0.15) is 28.8 Å². The first kappa shape index (κ1) is 24.7. The van der Waals surface area contributed by atoms with Crippen LogP contribution in [0.15, 0.2) is 47.0 Å². The van der Waals surface area contributed by atoms with Crippen LogP contribution in [0.5, 0.6) is 0 Å². The minimum absolute atomic E-state index is 0.00721. The molecule has 3 N–H and O–H groups in total. The van der Waals surface area contributed by atoms with Crippen LogP contribution in [0.4, 0.5) is 10.2 Å². The Morgan fingerprint density at radius 1 is 1.27 bits per heavy atom. The fourth-order valence-electron chi connectivity index (χ4n) is 4.88. The van der Waals surface area contributed by atoms with Gasteiger partial charge in [-0.05, 0) is 43.9 Å². The first-order valence-electron chi connectivity index (χ1n) is 12.4. The van der Waals surface area contributed by atoms with Crippen LogP contribution in [0.25, 0.3) is 11.3 Å². The lowest BCUT2D eigenvalue weighted by atomic mass is 9.83. The number of nitrogens with two attached hydrogens (primary N) is 1. The Kier molecular flexibility index (Phi) is 6.56. The van der Waals surface area contributed by atoms with Crippen molar-refractivity contribution in [1.29, 1.82) is 5.26 Å². The van der Waals surface area contributed by atoms with Gasteiger partial charge in [0.25, 0.3) is 5.91 Å². The Morgan fingerprint density at radius 3 is 2.62 bits per heavy atom. The molecule has 2 unspecified atom stereocenters. The number of likely N-dealkylation sites (tertiary alicyclic amines) is 1. The summed E-state index contributed by atoms with van der Waals surface area (Å²) in [6.07, 6.45) is 1.67. The first-order chi connectivity index (χ1) is 17.8. The predicted molar refractivity (Wildman–Crippen MR) is 134 cm³/mol. The number of furan rings is 1. The molecule has 3 heterocycles. The number of alkyl halides is 1. The number of aromatic nitrogens is 2. The van der Waals surface area contributed by atoms with Crippen LogP contribution < -0.4 is 11.1 Å². The SMILES string of the molecule is Cc1ccc(-c2ccc(CN3CCC(CC#N)(n4cc(C(N)=O)c(NC(=O)C5CC5)n4)C(F)C3)cc2)o1. The number of amides is 2. The van der Waals surface area contributed by atoms with Gasteiger partial charge < -0.3 is 15.5 Å². The Morgan fingerprint density at radius 2 is 2.03 bits per heavy atom. The highest BCUT2D eigenvalue weighted by molar-refractivity contribution is 6.02. The number of aryl methyl sites for hydroxylation is 1. The molecule has 1 saturated heterocycles. The number of benzene rings is 1. The number of carbonyl (C=O) groups is 2. The molecule has 0 spiro atoms. The van der Waals surface area contributed by atoms with Crippen molar-refractivity contribution < 1.29 is 18.4 Å². The fourth-order valence-corrected chi connectivity index (χ4v) is 4.88. The average molecular weight is 505 g/mol. The summed E-state index contributed by atoms with van der Waals surface area (Å²) in [5, 5.41) is 16.6. The molecule has 9 nitrogen and oxygen atoms in total. The lowest BCUT2D eigenvalue weighted by Gasteiger charge is -2.43.